The standard InChI is InChI=1S/C10H11FO/c11-7-4-8-12-9-10-5-2-1-3-6-10/h1-6,8H,7,9H2/b8-4+. The minimum Gasteiger partial charge on any atom is -0.497 e. The van der Waals surface area contributed by atoms with Crippen LogP contribution in [0.5, 0.6) is 0 Å². The van der Waals surface area contributed by atoms with Crippen LogP contribution in [0.2, 0.25) is 0 Å². The molecule has 1 aromatic carbocycles. The Morgan fingerprint density at radius 2 is 2.00 bits per heavy atom. The zero-order chi connectivity index (χ0) is 8.65. The van der Waals surface area contributed by atoms with E-state index in [2.05, 4.69) is 0 Å². The fraction of sp³-hybridized carbons (Fsp3) is 0.200. The molecule has 64 valence electrons. The first-order valence-electron chi connectivity index (χ1n) is 3.80. The van der Waals surface area contributed by atoms with Crippen molar-refractivity contribution in [1.82, 2.24) is 0 Å². The minimum atomic E-state index is -0.477. The van der Waals surface area contributed by atoms with Gasteiger partial charge in [0.2, 0.25) is 0 Å². The van der Waals surface area contributed by atoms with Crippen LogP contribution < -0.4 is 0 Å². The predicted molar refractivity (Wildman–Crippen MR) is 46.3 cm³/mol. The maximum Gasteiger partial charge on any atom is 0.112 e. The molecule has 0 bridgehead atoms. The van der Waals surface area contributed by atoms with Gasteiger partial charge in [-0.1, -0.05) is 30.3 Å². The summed E-state index contributed by atoms with van der Waals surface area (Å²) < 4.78 is 16.6. The van der Waals surface area contributed by atoms with Crippen LogP contribution in [0.3, 0.4) is 0 Å². The monoisotopic (exact) mass is 166 g/mol. The Hall–Kier alpha value is -1.31. The van der Waals surface area contributed by atoms with Crippen LogP contribution >= 0.6 is 0 Å². The highest BCUT2D eigenvalue weighted by molar-refractivity contribution is 5.13. The van der Waals surface area contributed by atoms with E-state index in [1.807, 2.05) is 30.3 Å². The van der Waals surface area contributed by atoms with E-state index in [0.29, 0.717) is 6.61 Å². The van der Waals surface area contributed by atoms with Gasteiger partial charge >= 0.3 is 0 Å². The van der Waals surface area contributed by atoms with Crippen molar-refractivity contribution in [2.75, 3.05) is 6.67 Å². The smallest absolute Gasteiger partial charge is 0.112 e. The number of alkyl halides is 1. The van der Waals surface area contributed by atoms with Gasteiger partial charge in [0.15, 0.2) is 0 Å². The van der Waals surface area contributed by atoms with E-state index in [1.165, 1.54) is 12.3 Å². The molecular formula is C10H11FO. The third-order valence-corrected chi connectivity index (χ3v) is 1.37. The summed E-state index contributed by atoms with van der Waals surface area (Å²) in [7, 11) is 0. The highest BCUT2D eigenvalue weighted by Gasteiger charge is 1.86. The zero-order valence-electron chi connectivity index (χ0n) is 6.74. The summed E-state index contributed by atoms with van der Waals surface area (Å²) in [6.07, 6.45) is 2.72. The molecule has 0 spiro atoms. The van der Waals surface area contributed by atoms with Crippen molar-refractivity contribution < 1.29 is 9.13 Å². The molecule has 1 rings (SSSR count). The first-order valence-corrected chi connectivity index (χ1v) is 3.80. The second-order valence-electron chi connectivity index (χ2n) is 2.32. The van der Waals surface area contributed by atoms with Crippen molar-refractivity contribution in [3.05, 3.63) is 48.2 Å². The van der Waals surface area contributed by atoms with Crippen molar-refractivity contribution in [2.24, 2.45) is 0 Å². The third-order valence-electron chi connectivity index (χ3n) is 1.37. The van der Waals surface area contributed by atoms with Gasteiger partial charge in [-0.05, 0) is 11.6 Å². The summed E-state index contributed by atoms with van der Waals surface area (Å²) in [6.45, 7) is 0.0200. The highest BCUT2D eigenvalue weighted by Crippen LogP contribution is 2.00. The summed E-state index contributed by atoms with van der Waals surface area (Å²) in [5, 5.41) is 0. The highest BCUT2D eigenvalue weighted by atomic mass is 19.1. The molecule has 2 heteroatoms. The van der Waals surface area contributed by atoms with Gasteiger partial charge in [-0.15, -0.1) is 0 Å². The number of halogens is 1. The lowest BCUT2D eigenvalue weighted by atomic mass is 10.2. The predicted octanol–water partition coefficient (Wildman–Crippen LogP) is 2.69. The van der Waals surface area contributed by atoms with E-state index < -0.39 is 6.67 Å². The second kappa shape index (κ2) is 5.35. The van der Waals surface area contributed by atoms with Gasteiger partial charge in [0, 0.05) is 0 Å². The molecule has 0 amide bonds. The van der Waals surface area contributed by atoms with Gasteiger partial charge in [0.05, 0.1) is 6.26 Å². The molecule has 0 unspecified atom stereocenters. The number of rotatable bonds is 4. The Kier molecular flexibility index (Phi) is 3.92. The summed E-state index contributed by atoms with van der Waals surface area (Å²) in [4.78, 5) is 0. The Bertz CT molecular complexity index is 231. The van der Waals surface area contributed by atoms with Crippen molar-refractivity contribution in [3.8, 4) is 0 Å². The van der Waals surface area contributed by atoms with Gasteiger partial charge in [0.1, 0.15) is 13.3 Å². The number of ether oxygens (including phenoxy) is 1. The third kappa shape index (κ3) is 3.19. The van der Waals surface area contributed by atoms with Gasteiger partial charge in [0.25, 0.3) is 0 Å². The maximum atomic E-state index is 11.6. The van der Waals surface area contributed by atoms with Crippen molar-refractivity contribution >= 4 is 0 Å². The van der Waals surface area contributed by atoms with Gasteiger partial charge in [-0.25, -0.2) is 4.39 Å². The van der Waals surface area contributed by atoms with Gasteiger partial charge < -0.3 is 4.74 Å². The normalized spacial score (nSPS) is 10.4. The SMILES string of the molecule is FC/C=C/OCc1ccccc1. The zero-order valence-corrected chi connectivity index (χ0v) is 6.74. The molecule has 0 heterocycles. The Balaban J connectivity index is 2.29. The summed E-state index contributed by atoms with van der Waals surface area (Å²) >= 11 is 0. The lowest BCUT2D eigenvalue weighted by Gasteiger charge is -1.99. The maximum absolute atomic E-state index is 11.6. The van der Waals surface area contributed by atoms with Crippen molar-refractivity contribution in [1.29, 1.82) is 0 Å². The fourth-order valence-corrected chi connectivity index (χ4v) is 0.823. The van der Waals surface area contributed by atoms with Crippen LogP contribution in [0.1, 0.15) is 5.56 Å². The number of benzene rings is 1. The molecular weight excluding hydrogens is 155 g/mol. The van der Waals surface area contributed by atoms with Crippen LogP contribution in [0, 0.1) is 0 Å². The lowest BCUT2D eigenvalue weighted by molar-refractivity contribution is 0.234. The van der Waals surface area contributed by atoms with Crippen LogP contribution in [-0.2, 0) is 11.3 Å². The molecule has 0 aliphatic carbocycles. The molecule has 0 aliphatic rings. The van der Waals surface area contributed by atoms with E-state index in [4.69, 9.17) is 4.74 Å². The number of allylic oxidation sites excluding steroid dienone is 1. The Morgan fingerprint density at radius 3 is 2.67 bits per heavy atom. The summed E-state index contributed by atoms with van der Waals surface area (Å²) in [6, 6.07) is 9.75. The molecule has 0 N–H and O–H groups in total. The number of hydrogen-bond acceptors (Lipinski definition) is 1. The molecule has 0 aromatic heterocycles. The minimum absolute atomic E-state index is 0.477. The first kappa shape index (κ1) is 8.78. The van der Waals surface area contributed by atoms with E-state index in [9.17, 15) is 4.39 Å². The fourth-order valence-electron chi connectivity index (χ4n) is 0.823. The molecule has 12 heavy (non-hydrogen) atoms. The van der Waals surface area contributed by atoms with Crippen LogP contribution in [0.15, 0.2) is 42.7 Å². The molecule has 0 saturated carbocycles. The molecule has 0 atom stereocenters. The van der Waals surface area contributed by atoms with Crippen LogP contribution in [0.4, 0.5) is 4.39 Å². The lowest BCUT2D eigenvalue weighted by Crippen LogP contribution is -1.84. The summed E-state index contributed by atoms with van der Waals surface area (Å²) in [5.41, 5.74) is 1.08. The molecule has 0 radical (unpaired) electrons. The van der Waals surface area contributed by atoms with Crippen molar-refractivity contribution in [3.63, 3.8) is 0 Å². The average Bonchev–Trinajstić information content (AvgIpc) is 2.14. The quantitative estimate of drug-likeness (QED) is 0.625. The first-order chi connectivity index (χ1) is 5.93. The Labute approximate surface area is 71.5 Å². The second-order valence-corrected chi connectivity index (χ2v) is 2.32. The molecule has 0 aliphatic heterocycles. The Morgan fingerprint density at radius 1 is 1.25 bits per heavy atom. The van der Waals surface area contributed by atoms with Crippen LogP contribution in [-0.4, -0.2) is 6.67 Å². The van der Waals surface area contributed by atoms with Gasteiger partial charge in [-0.3, -0.25) is 0 Å². The topological polar surface area (TPSA) is 9.23 Å². The van der Waals surface area contributed by atoms with E-state index in [-0.39, 0.29) is 0 Å². The van der Waals surface area contributed by atoms with E-state index in [0.717, 1.165) is 5.56 Å². The molecule has 0 fully saturated rings. The average molecular weight is 166 g/mol. The number of hydrogen-bond donors (Lipinski definition) is 0. The van der Waals surface area contributed by atoms with Crippen molar-refractivity contribution in [2.45, 2.75) is 6.61 Å². The summed E-state index contributed by atoms with van der Waals surface area (Å²) in [5.74, 6) is 0. The molecule has 1 aromatic rings. The molecule has 0 saturated heterocycles. The van der Waals surface area contributed by atoms with E-state index >= 15 is 0 Å². The largest absolute Gasteiger partial charge is 0.497 e. The van der Waals surface area contributed by atoms with Gasteiger partial charge in [-0.2, -0.15) is 0 Å². The molecule has 1 nitrogen and oxygen atoms in total. The van der Waals surface area contributed by atoms with E-state index in [1.54, 1.807) is 0 Å². The van der Waals surface area contributed by atoms with Crippen LogP contribution in [0.25, 0.3) is 0 Å².